The number of aliphatic hydroxyl groups excluding tert-OH is 1. The Morgan fingerprint density at radius 3 is 2.79 bits per heavy atom. The number of pyridine rings is 1. The lowest BCUT2D eigenvalue weighted by atomic mass is 10.1. The molecule has 0 saturated carbocycles. The van der Waals surface area contributed by atoms with Gasteiger partial charge in [0.1, 0.15) is 18.2 Å². The van der Waals surface area contributed by atoms with E-state index < -0.39 is 0 Å². The maximum Gasteiger partial charge on any atom is 0.132 e. The normalized spacial score (nSPS) is 10.4. The maximum absolute atomic E-state index is 9.00. The first kappa shape index (κ1) is 13.6. The Kier molecular flexibility index (Phi) is 4.60. The van der Waals surface area contributed by atoms with E-state index in [-0.39, 0.29) is 13.2 Å². The SMILES string of the molecule is Nc1ccc(Cl)c(COc2ccccc2CCO)n1. The van der Waals surface area contributed by atoms with E-state index in [1.165, 1.54) is 0 Å². The second-order valence-electron chi connectivity index (χ2n) is 4.03. The minimum Gasteiger partial charge on any atom is -0.487 e. The first-order valence-corrected chi connectivity index (χ1v) is 6.31. The number of aromatic nitrogens is 1. The number of nitrogens with zero attached hydrogens (tertiary/aromatic N) is 1. The van der Waals surface area contributed by atoms with Gasteiger partial charge in [-0.05, 0) is 30.2 Å². The van der Waals surface area contributed by atoms with E-state index in [0.29, 0.717) is 23.0 Å². The molecule has 1 aromatic carbocycles. The largest absolute Gasteiger partial charge is 0.487 e. The molecular weight excluding hydrogens is 264 g/mol. The molecule has 0 fully saturated rings. The number of anilines is 1. The predicted octanol–water partition coefficient (Wildman–Crippen LogP) is 2.43. The molecule has 0 aliphatic heterocycles. The van der Waals surface area contributed by atoms with E-state index in [1.807, 2.05) is 24.3 Å². The van der Waals surface area contributed by atoms with Crippen LogP contribution in [-0.2, 0) is 13.0 Å². The van der Waals surface area contributed by atoms with Crippen molar-refractivity contribution in [1.82, 2.24) is 4.98 Å². The summed E-state index contributed by atoms with van der Waals surface area (Å²) in [5, 5.41) is 9.53. The lowest BCUT2D eigenvalue weighted by molar-refractivity contribution is 0.282. The number of aliphatic hydroxyl groups is 1. The Morgan fingerprint density at radius 2 is 2.00 bits per heavy atom. The monoisotopic (exact) mass is 278 g/mol. The number of ether oxygens (including phenoxy) is 1. The number of rotatable bonds is 5. The standard InChI is InChI=1S/C14H15ClN2O2/c15-11-5-6-14(16)17-12(11)9-19-13-4-2-1-3-10(13)7-8-18/h1-6,18H,7-9H2,(H2,16,17). The van der Waals surface area contributed by atoms with Crippen LogP contribution in [0.5, 0.6) is 5.75 Å². The maximum atomic E-state index is 9.00. The molecule has 0 amide bonds. The molecular formula is C14H15ClN2O2. The van der Waals surface area contributed by atoms with Crippen molar-refractivity contribution in [3.05, 3.63) is 52.7 Å². The Bertz CT molecular complexity index is 561. The van der Waals surface area contributed by atoms with Crippen LogP contribution in [0.4, 0.5) is 5.82 Å². The molecule has 0 aliphatic carbocycles. The topological polar surface area (TPSA) is 68.4 Å². The van der Waals surface area contributed by atoms with Crippen molar-refractivity contribution >= 4 is 17.4 Å². The number of nitrogens with two attached hydrogens (primary N) is 1. The summed E-state index contributed by atoms with van der Waals surface area (Å²) in [4.78, 5) is 4.13. The van der Waals surface area contributed by atoms with E-state index in [0.717, 1.165) is 11.3 Å². The van der Waals surface area contributed by atoms with Gasteiger partial charge in [-0.15, -0.1) is 0 Å². The van der Waals surface area contributed by atoms with Crippen LogP contribution in [-0.4, -0.2) is 16.7 Å². The van der Waals surface area contributed by atoms with Crippen molar-refractivity contribution in [3.63, 3.8) is 0 Å². The van der Waals surface area contributed by atoms with Crippen LogP contribution in [0.3, 0.4) is 0 Å². The van der Waals surface area contributed by atoms with Crippen molar-refractivity contribution in [2.75, 3.05) is 12.3 Å². The van der Waals surface area contributed by atoms with Crippen molar-refractivity contribution in [2.24, 2.45) is 0 Å². The third-order valence-corrected chi connectivity index (χ3v) is 3.00. The summed E-state index contributed by atoms with van der Waals surface area (Å²) in [7, 11) is 0. The Morgan fingerprint density at radius 1 is 1.21 bits per heavy atom. The molecule has 0 spiro atoms. The van der Waals surface area contributed by atoms with Crippen LogP contribution < -0.4 is 10.5 Å². The van der Waals surface area contributed by atoms with Crippen molar-refractivity contribution in [2.45, 2.75) is 13.0 Å². The molecule has 0 aliphatic rings. The van der Waals surface area contributed by atoms with Gasteiger partial charge in [-0.2, -0.15) is 0 Å². The molecule has 4 nitrogen and oxygen atoms in total. The zero-order valence-corrected chi connectivity index (χ0v) is 11.1. The van der Waals surface area contributed by atoms with E-state index >= 15 is 0 Å². The zero-order valence-electron chi connectivity index (χ0n) is 10.3. The fraction of sp³-hybridized carbons (Fsp3) is 0.214. The second kappa shape index (κ2) is 6.41. The van der Waals surface area contributed by atoms with Gasteiger partial charge in [-0.1, -0.05) is 29.8 Å². The van der Waals surface area contributed by atoms with Crippen molar-refractivity contribution in [1.29, 1.82) is 0 Å². The summed E-state index contributed by atoms with van der Waals surface area (Å²) in [6.07, 6.45) is 0.550. The Labute approximate surface area is 116 Å². The quantitative estimate of drug-likeness (QED) is 0.881. The van der Waals surface area contributed by atoms with Gasteiger partial charge < -0.3 is 15.6 Å². The fourth-order valence-corrected chi connectivity index (χ4v) is 1.88. The summed E-state index contributed by atoms with van der Waals surface area (Å²) in [5.41, 5.74) is 7.16. The fourth-order valence-electron chi connectivity index (χ4n) is 1.72. The lowest BCUT2D eigenvalue weighted by Gasteiger charge is -2.11. The third-order valence-electron chi connectivity index (χ3n) is 2.66. The summed E-state index contributed by atoms with van der Waals surface area (Å²) >= 11 is 6.03. The predicted molar refractivity (Wildman–Crippen MR) is 75.2 cm³/mol. The molecule has 0 atom stereocenters. The van der Waals surface area contributed by atoms with Gasteiger partial charge in [0.2, 0.25) is 0 Å². The Balaban J connectivity index is 2.12. The highest BCUT2D eigenvalue weighted by molar-refractivity contribution is 6.31. The van der Waals surface area contributed by atoms with Gasteiger partial charge >= 0.3 is 0 Å². The third kappa shape index (κ3) is 3.59. The van der Waals surface area contributed by atoms with Gasteiger partial charge in [0.25, 0.3) is 0 Å². The lowest BCUT2D eigenvalue weighted by Crippen LogP contribution is -2.04. The number of hydrogen-bond donors (Lipinski definition) is 2. The second-order valence-corrected chi connectivity index (χ2v) is 4.44. The van der Waals surface area contributed by atoms with Crippen LogP contribution in [0.15, 0.2) is 36.4 Å². The molecule has 1 heterocycles. The molecule has 0 unspecified atom stereocenters. The molecule has 0 saturated heterocycles. The number of halogens is 1. The highest BCUT2D eigenvalue weighted by Crippen LogP contribution is 2.22. The first-order valence-electron chi connectivity index (χ1n) is 5.93. The summed E-state index contributed by atoms with van der Waals surface area (Å²) in [6, 6.07) is 10.9. The minimum atomic E-state index is 0.0810. The van der Waals surface area contributed by atoms with Crippen molar-refractivity contribution < 1.29 is 9.84 Å². The molecule has 2 aromatic rings. The molecule has 19 heavy (non-hydrogen) atoms. The minimum absolute atomic E-state index is 0.0810. The van der Waals surface area contributed by atoms with E-state index in [9.17, 15) is 0 Å². The van der Waals surface area contributed by atoms with E-state index in [2.05, 4.69) is 4.98 Å². The highest BCUT2D eigenvalue weighted by Gasteiger charge is 2.06. The number of hydrogen-bond acceptors (Lipinski definition) is 4. The summed E-state index contributed by atoms with van der Waals surface area (Å²) in [6.45, 7) is 0.323. The smallest absolute Gasteiger partial charge is 0.132 e. The van der Waals surface area contributed by atoms with Crippen LogP contribution in [0.25, 0.3) is 0 Å². The average molecular weight is 279 g/mol. The molecule has 2 rings (SSSR count). The van der Waals surface area contributed by atoms with Gasteiger partial charge in [-0.25, -0.2) is 4.98 Å². The Hall–Kier alpha value is -1.78. The molecule has 0 bridgehead atoms. The molecule has 5 heteroatoms. The van der Waals surface area contributed by atoms with Gasteiger partial charge in [0, 0.05) is 6.61 Å². The van der Waals surface area contributed by atoms with E-state index in [1.54, 1.807) is 12.1 Å². The van der Waals surface area contributed by atoms with Gasteiger partial charge in [0.05, 0.1) is 10.7 Å². The van der Waals surface area contributed by atoms with Crippen LogP contribution in [0, 0.1) is 0 Å². The van der Waals surface area contributed by atoms with Crippen molar-refractivity contribution in [3.8, 4) is 5.75 Å². The number of para-hydroxylation sites is 1. The average Bonchev–Trinajstić information content (AvgIpc) is 2.42. The summed E-state index contributed by atoms with van der Waals surface area (Å²) in [5.74, 6) is 1.13. The molecule has 100 valence electrons. The van der Waals surface area contributed by atoms with E-state index in [4.69, 9.17) is 27.2 Å². The van der Waals surface area contributed by atoms with Crippen LogP contribution in [0.2, 0.25) is 5.02 Å². The first-order chi connectivity index (χ1) is 9.20. The summed E-state index contributed by atoms with van der Waals surface area (Å²) < 4.78 is 5.70. The molecule has 0 radical (unpaired) electrons. The number of benzene rings is 1. The molecule has 1 aromatic heterocycles. The zero-order chi connectivity index (χ0) is 13.7. The van der Waals surface area contributed by atoms with Gasteiger partial charge in [0.15, 0.2) is 0 Å². The highest BCUT2D eigenvalue weighted by atomic mass is 35.5. The number of nitrogen functional groups attached to an aromatic ring is 1. The van der Waals surface area contributed by atoms with Gasteiger partial charge in [-0.3, -0.25) is 0 Å². The molecule has 3 N–H and O–H groups in total. The van der Waals surface area contributed by atoms with Crippen LogP contribution in [0.1, 0.15) is 11.3 Å². The van der Waals surface area contributed by atoms with Crippen LogP contribution >= 0.6 is 11.6 Å².